The molecular formula is C22H25ClN2O6S. The van der Waals surface area contributed by atoms with Gasteiger partial charge in [-0.1, -0.05) is 23.7 Å². The first-order valence-electron chi connectivity index (χ1n) is 10.0. The highest BCUT2D eigenvalue weighted by atomic mass is 35.5. The molecule has 1 fully saturated rings. The van der Waals surface area contributed by atoms with Gasteiger partial charge in [0.25, 0.3) is 5.91 Å². The number of aryl methyl sites for hydroxylation is 3. The molecule has 10 heteroatoms. The van der Waals surface area contributed by atoms with Crippen LogP contribution >= 0.6 is 11.6 Å². The molecule has 1 aliphatic heterocycles. The van der Waals surface area contributed by atoms with Crippen molar-refractivity contribution in [2.45, 2.75) is 25.7 Å². The summed E-state index contributed by atoms with van der Waals surface area (Å²) in [4.78, 5) is 24.9. The van der Waals surface area contributed by atoms with E-state index >= 15 is 0 Å². The quantitative estimate of drug-likeness (QED) is 0.637. The molecule has 172 valence electrons. The van der Waals surface area contributed by atoms with Gasteiger partial charge in [0, 0.05) is 13.1 Å². The average Bonchev–Trinajstić information content (AvgIpc) is 2.75. The van der Waals surface area contributed by atoms with E-state index in [4.69, 9.17) is 21.1 Å². The minimum Gasteiger partial charge on any atom is -0.452 e. The molecule has 1 heterocycles. The monoisotopic (exact) mass is 480 g/mol. The number of rotatable bonds is 6. The number of morpholine rings is 1. The summed E-state index contributed by atoms with van der Waals surface area (Å²) in [5.41, 5.74) is 2.81. The van der Waals surface area contributed by atoms with Crippen molar-refractivity contribution in [1.82, 2.24) is 4.31 Å². The zero-order valence-corrected chi connectivity index (χ0v) is 19.7. The van der Waals surface area contributed by atoms with Crippen molar-refractivity contribution in [2.75, 3.05) is 38.2 Å². The van der Waals surface area contributed by atoms with Gasteiger partial charge in [0.2, 0.25) is 10.0 Å². The Labute approximate surface area is 192 Å². The van der Waals surface area contributed by atoms with Crippen molar-refractivity contribution in [3.8, 4) is 0 Å². The summed E-state index contributed by atoms with van der Waals surface area (Å²) >= 11 is 6.19. The summed E-state index contributed by atoms with van der Waals surface area (Å²) in [6.07, 6.45) is 0. The van der Waals surface area contributed by atoms with Gasteiger partial charge in [-0.2, -0.15) is 4.31 Å². The van der Waals surface area contributed by atoms with Crippen molar-refractivity contribution in [1.29, 1.82) is 0 Å². The first kappa shape index (κ1) is 24.2. The van der Waals surface area contributed by atoms with Gasteiger partial charge < -0.3 is 14.8 Å². The fourth-order valence-electron chi connectivity index (χ4n) is 3.38. The number of halogens is 1. The van der Waals surface area contributed by atoms with Crippen LogP contribution in [0.3, 0.4) is 0 Å². The van der Waals surface area contributed by atoms with Crippen molar-refractivity contribution >= 4 is 39.2 Å². The number of amides is 1. The zero-order valence-electron chi connectivity index (χ0n) is 18.1. The van der Waals surface area contributed by atoms with E-state index in [9.17, 15) is 18.0 Å². The number of nitrogens with zero attached hydrogens (tertiary/aromatic N) is 1. The molecule has 0 aromatic heterocycles. The molecule has 3 rings (SSSR count). The van der Waals surface area contributed by atoms with Crippen LogP contribution < -0.4 is 5.32 Å². The van der Waals surface area contributed by atoms with E-state index in [-0.39, 0.29) is 23.5 Å². The minimum absolute atomic E-state index is 0.0107. The molecule has 1 saturated heterocycles. The van der Waals surface area contributed by atoms with E-state index in [1.807, 2.05) is 19.9 Å². The molecule has 0 bridgehead atoms. The second-order valence-corrected chi connectivity index (χ2v) is 9.90. The predicted octanol–water partition coefficient (Wildman–Crippen LogP) is 3.08. The number of hydrogen-bond acceptors (Lipinski definition) is 6. The van der Waals surface area contributed by atoms with Crippen molar-refractivity contribution in [3.05, 3.63) is 57.6 Å². The maximum atomic E-state index is 12.9. The molecule has 1 amide bonds. The van der Waals surface area contributed by atoms with Crippen LogP contribution in [-0.2, 0) is 24.3 Å². The Morgan fingerprint density at radius 1 is 1.09 bits per heavy atom. The van der Waals surface area contributed by atoms with Crippen LogP contribution in [0.2, 0.25) is 5.02 Å². The van der Waals surface area contributed by atoms with Crippen molar-refractivity contribution in [3.63, 3.8) is 0 Å². The Kier molecular flexibility index (Phi) is 7.55. The molecule has 0 atom stereocenters. The number of sulfonamides is 1. The number of benzene rings is 2. The smallest absolute Gasteiger partial charge is 0.338 e. The lowest BCUT2D eigenvalue weighted by Crippen LogP contribution is -2.40. The van der Waals surface area contributed by atoms with Crippen LogP contribution in [0.25, 0.3) is 0 Å². The number of carbonyl (C=O) groups excluding carboxylic acids is 2. The fraction of sp³-hybridized carbons (Fsp3) is 0.364. The number of ether oxygens (including phenoxy) is 2. The Morgan fingerprint density at radius 3 is 2.44 bits per heavy atom. The highest BCUT2D eigenvalue weighted by Crippen LogP contribution is 2.27. The van der Waals surface area contributed by atoms with Crippen LogP contribution in [-0.4, -0.2) is 57.5 Å². The summed E-state index contributed by atoms with van der Waals surface area (Å²) in [5, 5.41) is 3.03. The largest absolute Gasteiger partial charge is 0.452 e. The third-order valence-corrected chi connectivity index (χ3v) is 7.26. The van der Waals surface area contributed by atoms with Crippen molar-refractivity contribution < 1.29 is 27.5 Å². The number of hydrogen-bond donors (Lipinski definition) is 1. The van der Waals surface area contributed by atoms with E-state index in [1.165, 1.54) is 16.4 Å². The number of carbonyl (C=O) groups is 2. The van der Waals surface area contributed by atoms with Gasteiger partial charge in [0.1, 0.15) is 0 Å². The van der Waals surface area contributed by atoms with Crippen molar-refractivity contribution in [2.24, 2.45) is 0 Å². The predicted molar refractivity (Wildman–Crippen MR) is 121 cm³/mol. The first-order chi connectivity index (χ1) is 15.1. The molecule has 1 aliphatic rings. The normalized spacial score (nSPS) is 14.8. The summed E-state index contributed by atoms with van der Waals surface area (Å²) in [7, 11) is -3.77. The summed E-state index contributed by atoms with van der Waals surface area (Å²) in [6.45, 7) is 5.96. The van der Waals surface area contributed by atoms with E-state index in [0.717, 1.165) is 11.1 Å². The van der Waals surface area contributed by atoms with Gasteiger partial charge in [0.05, 0.1) is 34.4 Å². The van der Waals surface area contributed by atoms with Gasteiger partial charge in [-0.25, -0.2) is 13.2 Å². The van der Waals surface area contributed by atoms with Gasteiger partial charge >= 0.3 is 5.97 Å². The third kappa shape index (κ3) is 5.47. The van der Waals surface area contributed by atoms with Gasteiger partial charge in [-0.3, -0.25) is 4.79 Å². The van der Waals surface area contributed by atoms with Gasteiger partial charge in [0.15, 0.2) is 6.61 Å². The third-order valence-electron chi connectivity index (χ3n) is 5.07. The molecular weight excluding hydrogens is 456 g/mol. The van der Waals surface area contributed by atoms with Crippen LogP contribution in [0.15, 0.2) is 35.2 Å². The molecule has 0 saturated carbocycles. The minimum atomic E-state index is -3.77. The first-order valence-corrected chi connectivity index (χ1v) is 11.8. The number of esters is 1. The molecule has 2 aromatic rings. The molecule has 0 spiro atoms. The highest BCUT2D eigenvalue weighted by Gasteiger charge is 2.27. The Balaban J connectivity index is 1.70. The second kappa shape index (κ2) is 9.99. The lowest BCUT2D eigenvalue weighted by Gasteiger charge is -2.26. The van der Waals surface area contributed by atoms with E-state index in [0.29, 0.717) is 29.5 Å². The lowest BCUT2D eigenvalue weighted by atomic mass is 10.1. The maximum absolute atomic E-state index is 12.9. The zero-order chi connectivity index (χ0) is 23.5. The van der Waals surface area contributed by atoms with E-state index in [2.05, 4.69) is 5.32 Å². The lowest BCUT2D eigenvalue weighted by molar-refractivity contribution is -0.119. The molecule has 8 nitrogen and oxygen atoms in total. The highest BCUT2D eigenvalue weighted by molar-refractivity contribution is 7.89. The summed E-state index contributed by atoms with van der Waals surface area (Å²) < 4.78 is 37.4. The average molecular weight is 481 g/mol. The van der Waals surface area contributed by atoms with E-state index in [1.54, 1.807) is 19.1 Å². The number of anilines is 1. The van der Waals surface area contributed by atoms with Crippen LogP contribution in [0.4, 0.5) is 5.69 Å². The second-order valence-electron chi connectivity index (χ2n) is 7.56. The molecule has 0 radical (unpaired) electrons. The summed E-state index contributed by atoms with van der Waals surface area (Å²) in [5.74, 6) is -1.34. The Bertz CT molecular complexity index is 1120. The SMILES string of the molecule is Cc1cc(C)c(NC(=O)COC(=O)c2cc(S(=O)(=O)N3CCOCC3)ccc2C)c(Cl)c1. The maximum Gasteiger partial charge on any atom is 0.338 e. The standard InChI is InChI=1S/C22H25ClN2O6S/c1-14-10-16(3)21(19(23)11-14)24-20(26)13-31-22(27)18-12-17(5-4-15(18)2)32(28,29)25-6-8-30-9-7-25/h4-5,10-12H,6-9,13H2,1-3H3,(H,24,26). The van der Waals surface area contributed by atoms with E-state index < -0.39 is 28.5 Å². The van der Waals surface area contributed by atoms with Gasteiger partial charge in [-0.05, 0) is 55.7 Å². The fourth-order valence-corrected chi connectivity index (χ4v) is 5.18. The molecule has 1 N–H and O–H groups in total. The molecule has 0 aliphatic carbocycles. The van der Waals surface area contributed by atoms with Gasteiger partial charge in [-0.15, -0.1) is 0 Å². The topological polar surface area (TPSA) is 102 Å². The van der Waals surface area contributed by atoms with Crippen LogP contribution in [0.1, 0.15) is 27.0 Å². The summed E-state index contributed by atoms with van der Waals surface area (Å²) in [6, 6.07) is 7.86. The van der Waals surface area contributed by atoms with Crippen LogP contribution in [0.5, 0.6) is 0 Å². The Hall–Kier alpha value is -2.46. The Morgan fingerprint density at radius 2 is 1.78 bits per heavy atom. The number of nitrogens with one attached hydrogen (secondary N) is 1. The molecule has 32 heavy (non-hydrogen) atoms. The van der Waals surface area contributed by atoms with Crippen LogP contribution in [0, 0.1) is 20.8 Å². The molecule has 0 unspecified atom stereocenters. The molecule has 2 aromatic carbocycles.